The largest absolute Gasteiger partial charge is 0.478 e. The molecule has 2 aromatic heterocycles. The highest BCUT2D eigenvalue weighted by molar-refractivity contribution is 7.22. The normalized spacial score (nSPS) is 22.9. The van der Waals surface area contributed by atoms with E-state index in [-0.39, 0.29) is 47.5 Å². The van der Waals surface area contributed by atoms with Gasteiger partial charge in [0.15, 0.2) is 5.13 Å². The lowest BCUT2D eigenvalue weighted by Gasteiger charge is -2.38. The predicted molar refractivity (Wildman–Crippen MR) is 138 cm³/mol. The SMILES string of the molecule is O=C(O)c1ccc2nc(N3C4CCC3CC(OCc3c(-c5c(F)cccc5F)noc3C3CC3)C4)sc2c1. The number of rotatable bonds is 7. The minimum atomic E-state index is -0.946. The Balaban J connectivity index is 1.10. The topological polar surface area (TPSA) is 88.7 Å². The zero-order valence-electron chi connectivity index (χ0n) is 20.4. The summed E-state index contributed by atoms with van der Waals surface area (Å²) in [6.07, 6.45) is 5.65. The molecule has 2 bridgehead atoms. The Bertz CT molecular complexity index is 1510. The summed E-state index contributed by atoms with van der Waals surface area (Å²) < 4.78 is 42.0. The monoisotopic (exact) mass is 537 g/mol. The third kappa shape index (κ3) is 4.06. The Morgan fingerprint density at radius 3 is 2.53 bits per heavy atom. The van der Waals surface area contributed by atoms with E-state index in [4.69, 9.17) is 14.2 Å². The minimum absolute atomic E-state index is 0.00277. The highest BCUT2D eigenvalue weighted by Crippen LogP contribution is 2.46. The summed E-state index contributed by atoms with van der Waals surface area (Å²) in [6, 6.07) is 9.38. The van der Waals surface area contributed by atoms with Gasteiger partial charge in [-0.2, -0.15) is 0 Å². The fourth-order valence-electron chi connectivity index (χ4n) is 5.98. The molecule has 2 unspecified atom stereocenters. The van der Waals surface area contributed by atoms with E-state index in [1.54, 1.807) is 18.2 Å². The van der Waals surface area contributed by atoms with Crippen LogP contribution in [0.1, 0.15) is 66.1 Å². The zero-order valence-corrected chi connectivity index (χ0v) is 21.2. The van der Waals surface area contributed by atoms with Gasteiger partial charge in [0.2, 0.25) is 0 Å². The standard InChI is InChI=1S/C28H25F2N3O4S/c29-20-2-1-3-21(30)24(20)25-19(26(37-32-25)14-4-5-14)13-36-18-11-16-7-8-17(12-18)33(16)28-31-22-9-6-15(27(34)35)10-23(22)38-28/h1-3,6,9-10,14,16-18H,4-5,7-8,11-13H2,(H,34,35). The van der Waals surface area contributed by atoms with Gasteiger partial charge in [0.05, 0.1) is 34.1 Å². The highest BCUT2D eigenvalue weighted by atomic mass is 32.1. The first-order valence-electron chi connectivity index (χ1n) is 12.9. The minimum Gasteiger partial charge on any atom is -0.478 e. The summed E-state index contributed by atoms with van der Waals surface area (Å²) in [5.74, 6) is -1.38. The van der Waals surface area contributed by atoms with Crippen molar-refractivity contribution >= 4 is 32.7 Å². The molecule has 7 nitrogen and oxygen atoms in total. The number of aromatic nitrogens is 2. The van der Waals surface area contributed by atoms with E-state index in [1.807, 2.05) is 0 Å². The number of carboxylic acids is 1. The molecule has 2 aliphatic heterocycles. The maximum absolute atomic E-state index is 14.6. The van der Waals surface area contributed by atoms with Gasteiger partial charge in [-0.1, -0.05) is 22.6 Å². The van der Waals surface area contributed by atoms with Crippen molar-refractivity contribution in [1.82, 2.24) is 10.1 Å². The molecule has 1 aliphatic carbocycles. The number of carboxylic acid groups (broad SMARTS) is 1. The lowest BCUT2D eigenvalue weighted by Crippen LogP contribution is -2.45. The van der Waals surface area contributed by atoms with Crippen molar-refractivity contribution in [3.05, 3.63) is 64.9 Å². The Labute approximate surface area is 221 Å². The van der Waals surface area contributed by atoms with Crippen LogP contribution in [0, 0.1) is 11.6 Å². The van der Waals surface area contributed by atoms with Gasteiger partial charge in [0.1, 0.15) is 23.1 Å². The van der Waals surface area contributed by atoms with Crippen molar-refractivity contribution in [2.75, 3.05) is 4.90 Å². The molecule has 2 saturated heterocycles. The fourth-order valence-corrected chi connectivity index (χ4v) is 7.13. The van der Waals surface area contributed by atoms with E-state index in [9.17, 15) is 18.7 Å². The van der Waals surface area contributed by atoms with Crippen molar-refractivity contribution in [3.8, 4) is 11.3 Å². The highest BCUT2D eigenvalue weighted by Gasteiger charge is 2.43. The van der Waals surface area contributed by atoms with E-state index in [2.05, 4.69) is 10.1 Å². The molecule has 0 spiro atoms. The lowest BCUT2D eigenvalue weighted by atomic mass is 10.00. The number of hydrogen-bond donors (Lipinski definition) is 1. The molecule has 196 valence electrons. The second kappa shape index (κ2) is 9.13. The average Bonchev–Trinajstić information content (AvgIpc) is 3.42. The van der Waals surface area contributed by atoms with Crippen LogP contribution in [-0.4, -0.2) is 39.4 Å². The van der Waals surface area contributed by atoms with Gasteiger partial charge < -0.3 is 19.3 Å². The van der Waals surface area contributed by atoms with Crippen molar-refractivity contribution in [2.45, 2.75) is 69.2 Å². The number of piperidine rings is 1. The van der Waals surface area contributed by atoms with Gasteiger partial charge in [0, 0.05) is 23.6 Å². The van der Waals surface area contributed by atoms with Crippen molar-refractivity contribution in [2.24, 2.45) is 0 Å². The van der Waals surface area contributed by atoms with Crippen LogP contribution in [0.5, 0.6) is 0 Å². The second-order valence-electron chi connectivity index (χ2n) is 10.4. The van der Waals surface area contributed by atoms with Crippen molar-refractivity contribution in [1.29, 1.82) is 0 Å². The Hall–Kier alpha value is -3.37. The molecule has 3 fully saturated rings. The van der Waals surface area contributed by atoms with Gasteiger partial charge >= 0.3 is 5.97 Å². The molecule has 0 radical (unpaired) electrons. The maximum Gasteiger partial charge on any atom is 0.335 e. The van der Waals surface area contributed by atoms with E-state index in [1.165, 1.54) is 29.5 Å². The number of anilines is 1. The van der Waals surface area contributed by atoms with Crippen LogP contribution in [0.25, 0.3) is 21.5 Å². The first-order chi connectivity index (χ1) is 18.5. The summed E-state index contributed by atoms with van der Waals surface area (Å²) in [6.45, 7) is 0.196. The third-order valence-corrected chi connectivity index (χ3v) is 9.00. The number of ether oxygens (including phenoxy) is 1. The molecule has 2 aromatic carbocycles. The number of halogens is 2. The Morgan fingerprint density at radius 1 is 1.11 bits per heavy atom. The van der Waals surface area contributed by atoms with Gasteiger partial charge in [-0.3, -0.25) is 0 Å². The van der Waals surface area contributed by atoms with E-state index in [0.29, 0.717) is 11.3 Å². The number of carbonyl (C=O) groups is 1. The maximum atomic E-state index is 14.6. The summed E-state index contributed by atoms with van der Waals surface area (Å²) >= 11 is 1.53. The van der Waals surface area contributed by atoms with Gasteiger partial charge in [-0.05, 0) is 68.9 Å². The van der Waals surface area contributed by atoms with Crippen molar-refractivity contribution in [3.63, 3.8) is 0 Å². The number of benzene rings is 2. The number of aromatic carboxylic acids is 1. The molecule has 7 rings (SSSR count). The van der Waals surface area contributed by atoms with Crippen LogP contribution in [-0.2, 0) is 11.3 Å². The van der Waals surface area contributed by atoms with Crippen LogP contribution in [0.15, 0.2) is 40.9 Å². The molecule has 3 aliphatic rings. The predicted octanol–water partition coefficient (Wildman–Crippen LogP) is 6.52. The quantitative estimate of drug-likeness (QED) is 0.287. The van der Waals surface area contributed by atoms with Gasteiger partial charge in [0.25, 0.3) is 0 Å². The Kier molecular flexibility index (Phi) is 5.70. The second-order valence-corrected chi connectivity index (χ2v) is 11.4. The smallest absolute Gasteiger partial charge is 0.335 e. The number of hydrogen-bond acceptors (Lipinski definition) is 7. The third-order valence-electron chi connectivity index (χ3n) is 7.96. The fraction of sp³-hybridized carbons (Fsp3) is 0.393. The Morgan fingerprint density at radius 2 is 1.84 bits per heavy atom. The number of thiazole rings is 1. The van der Waals surface area contributed by atoms with Crippen LogP contribution in [0.3, 0.4) is 0 Å². The molecule has 1 saturated carbocycles. The van der Waals surface area contributed by atoms with Crippen LogP contribution in [0.4, 0.5) is 13.9 Å². The van der Waals surface area contributed by atoms with E-state index in [0.717, 1.165) is 53.9 Å². The van der Waals surface area contributed by atoms with E-state index >= 15 is 0 Å². The van der Waals surface area contributed by atoms with Crippen LogP contribution < -0.4 is 4.90 Å². The van der Waals surface area contributed by atoms with Crippen LogP contribution in [0.2, 0.25) is 0 Å². The molecular weight excluding hydrogens is 512 g/mol. The molecule has 2 atom stereocenters. The molecule has 10 heteroatoms. The van der Waals surface area contributed by atoms with E-state index < -0.39 is 17.6 Å². The summed E-state index contributed by atoms with van der Waals surface area (Å²) in [5, 5.41) is 14.3. The molecule has 0 amide bonds. The first kappa shape index (κ1) is 23.7. The number of nitrogens with zero attached hydrogens (tertiary/aromatic N) is 3. The lowest BCUT2D eigenvalue weighted by molar-refractivity contribution is 0.0147. The molecular formula is C28H25F2N3O4S. The summed E-state index contributed by atoms with van der Waals surface area (Å²) in [4.78, 5) is 18.5. The van der Waals surface area contributed by atoms with Gasteiger partial charge in [-0.25, -0.2) is 18.6 Å². The average molecular weight is 538 g/mol. The summed E-state index contributed by atoms with van der Waals surface area (Å²) in [5.41, 5.74) is 1.74. The van der Waals surface area contributed by atoms with Crippen LogP contribution >= 0.6 is 11.3 Å². The molecule has 38 heavy (non-hydrogen) atoms. The number of fused-ring (bicyclic) bond motifs is 3. The molecule has 1 N–H and O–H groups in total. The molecule has 4 aromatic rings. The van der Waals surface area contributed by atoms with Gasteiger partial charge in [-0.15, -0.1) is 0 Å². The molecule has 4 heterocycles. The first-order valence-corrected chi connectivity index (χ1v) is 13.7. The van der Waals surface area contributed by atoms with Crippen molar-refractivity contribution < 1.29 is 27.9 Å². The zero-order chi connectivity index (χ0) is 26.0. The summed E-state index contributed by atoms with van der Waals surface area (Å²) in [7, 11) is 0.